The van der Waals surface area contributed by atoms with Gasteiger partial charge >= 0.3 is 0 Å². The van der Waals surface area contributed by atoms with Crippen molar-refractivity contribution in [1.82, 2.24) is 24.8 Å². The summed E-state index contributed by atoms with van der Waals surface area (Å²) in [5, 5.41) is 11.1. The van der Waals surface area contributed by atoms with Crippen LogP contribution >= 0.6 is 11.3 Å². The molecule has 1 aliphatic heterocycles. The summed E-state index contributed by atoms with van der Waals surface area (Å²) < 4.78 is 17.5. The van der Waals surface area contributed by atoms with Gasteiger partial charge in [-0.15, -0.1) is 11.3 Å². The molecule has 0 radical (unpaired) electrons. The minimum absolute atomic E-state index is 0.274. The van der Waals surface area contributed by atoms with E-state index in [0.717, 1.165) is 72.9 Å². The number of benzene rings is 2. The summed E-state index contributed by atoms with van der Waals surface area (Å²) in [6.45, 7) is 5.01. The first kappa shape index (κ1) is 32.5. The number of likely N-dealkylation sites (N-methyl/N-ethyl adjacent to an activating group) is 1. The summed E-state index contributed by atoms with van der Waals surface area (Å²) in [6, 6.07) is 10.5. The van der Waals surface area contributed by atoms with E-state index in [1.54, 1.807) is 25.6 Å². The second-order valence-corrected chi connectivity index (χ2v) is 12.7. The smallest absolute Gasteiger partial charge is 0.225 e. The number of hydrogen-bond acceptors (Lipinski definition) is 12. The first-order valence-corrected chi connectivity index (χ1v) is 16.3. The standard InChI is InChI=1S/C33H46N8O3S/c1-39(2)17-18-44-28-9-7-8-27(40(3)4)25(28)22-41-15-11-23(12-16-41)36-32-24-20-29(42-5)30(43-6)21-26(24)37-33(38-32)35-13-10-31-34-14-19-45-31/h7-9,14,19-21,23H,10-13,15-18,22H2,1-6H3,(H2,35,36,37,38). The number of nitrogens with one attached hydrogen (secondary N) is 2. The lowest BCUT2D eigenvalue weighted by atomic mass is 10.0. The second-order valence-electron chi connectivity index (χ2n) is 11.7. The molecule has 3 heterocycles. The predicted octanol–water partition coefficient (Wildman–Crippen LogP) is 4.84. The van der Waals surface area contributed by atoms with Crippen LogP contribution in [-0.4, -0.2) is 106 Å². The SMILES string of the molecule is COc1cc2nc(NCCc3nccs3)nc(NC3CCN(Cc4c(OCCN(C)C)cccc4N(C)C)CC3)c2cc1OC. The van der Waals surface area contributed by atoms with E-state index in [-0.39, 0.29) is 6.04 Å². The second kappa shape index (κ2) is 15.4. The maximum absolute atomic E-state index is 6.27. The number of nitrogens with zero attached hydrogens (tertiary/aromatic N) is 6. The van der Waals surface area contributed by atoms with Crippen molar-refractivity contribution >= 4 is 39.7 Å². The van der Waals surface area contributed by atoms with Gasteiger partial charge in [0.25, 0.3) is 0 Å². The molecule has 0 amide bonds. The van der Waals surface area contributed by atoms with Crippen molar-refractivity contribution in [2.45, 2.75) is 31.8 Å². The van der Waals surface area contributed by atoms with Crippen LogP contribution in [0.2, 0.25) is 0 Å². The molecule has 1 saturated heterocycles. The number of methoxy groups -OCH3 is 2. The molecule has 0 spiro atoms. The molecule has 4 aromatic rings. The average Bonchev–Trinajstić information content (AvgIpc) is 3.55. The third kappa shape index (κ3) is 8.44. The van der Waals surface area contributed by atoms with E-state index in [9.17, 15) is 0 Å². The van der Waals surface area contributed by atoms with Crippen LogP contribution in [-0.2, 0) is 13.0 Å². The van der Waals surface area contributed by atoms with Crippen LogP contribution in [0.15, 0.2) is 41.9 Å². The lowest BCUT2D eigenvalue weighted by molar-refractivity contribution is 0.205. The van der Waals surface area contributed by atoms with E-state index in [0.29, 0.717) is 30.6 Å². The van der Waals surface area contributed by atoms with Crippen molar-refractivity contribution in [1.29, 1.82) is 0 Å². The summed E-state index contributed by atoms with van der Waals surface area (Å²) in [5.41, 5.74) is 3.23. The molecule has 2 aromatic carbocycles. The van der Waals surface area contributed by atoms with Crippen LogP contribution < -0.4 is 29.7 Å². The Morgan fingerprint density at radius 2 is 1.78 bits per heavy atom. The number of rotatable bonds is 15. The van der Waals surface area contributed by atoms with Gasteiger partial charge in [-0.2, -0.15) is 4.98 Å². The lowest BCUT2D eigenvalue weighted by Crippen LogP contribution is -2.39. The number of anilines is 3. The molecule has 12 heteroatoms. The van der Waals surface area contributed by atoms with Crippen LogP contribution in [0.4, 0.5) is 17.5 Å². The third-order valence-corrected chi connectivity index (χ3v) is 8.84. The molecule has 0 bridgehead atoms. The molecule has 1 fully saturated rings. The van der Waals surface area contributed by atoms with Crippen LogP contribution in [0.3, 0.4) is 0 Å². The van der Waals surface area contributed by atoms with Crippen LogP contribution in [0.5, 0.6) is 17.2 Å². The largest absolute Gasteiger partial charge is 0.493 e. The first-order chi connectivity index (χ1) is 21.8. The number of thiazole rings is 1. The van der Waals surface area contributed by atoms with Gasteiger partial charge in [0, 0.05) is 93.6 Å². The highest BCUT2D eigenvalue weighted by Gasteiger charge is 2.24. The van der Waals surface area contributed by atoms with Crippen molar-refractivity contribution in [3.63, 3.8) is 0 Å². The Kier molecular flexibility index (Phi) is 11.1. The Labute approximate surface area is 270 Å². The van der Waals surface area contributed by atoms with Gasteiger partial charge < -0.3 is 34.6 Å². The Bertz CT molecular complexity index is 1520. The Morgan fingerprint density at radius 3 is 2.47 bits per heavy atom. The van der Waals surface area contributed by atoms with Crippen molar-refractivity contribution in [2.24, 2.45) is 0 Å². The molecule has 2 N–H and O–H groups in total. The number of piperidine rings is 1. The summed E-state index contributed by atoms with van der Waals surface area (Å²) in [6.07, 6.45) is 4.63. The van der Waals surface area contributed by atoms with E-state index >= 15 is 0 Å². The average molecular weight is 635 g/mol. The number of aromatic nitrogens is 3. The lowest BCUT2D eigenvalue weighted by Gasteiger charge is -2.34. The van der Waals surface area contributed by atoms with Gasteiger partial charge in [0.15, 0.2) is 11.5 Å². The summed E-state index contributed by atoms with van der Waals surface area (Å²) in [7, 11) is 11.6. The highest BCUT2D eigenvalue weighted by molar-refractivity contribution is 7.09. The minimum Gasteiger partial charge on any atom is -0.493 e. The van der Waals surface area contributed by atoms with Gasteiger partial charge in [-0.1, -0.05) is 6.07 Å². The topological polar surface area (TPSA) is 100 Å². The molecule has 1 aliphatic rings. The predicted molar refractivity (Wildman–Crippen MR) is 184 cm³/mol. The van der Waals surface area contributed by atoms with E-state index in [4.69, 9.17) is 24.2 Å². The molecule has 242 valence electrons. The minimum atomic E-state index is 0.274. The Morgan fingerprint density at radius 1 is 1.00 bits per heavy atom. The summed E-state index contributed by atoms with van der Waals surface area (Å²) in [5.74, 6) is 3.63. The molecular formula is C33H46N8O3S. The highest BCUT2D eigenvalue weighted by Crippen LogP contribution is 2.36. The number of hydrogen-bond donors (Lipinski definition) is 2. The zero-order chi connectivity index (χ0) is 31.8. The van der Waals surface area contributed by atoms with Crippen LogP contribution in [0.25, 0.3) is 10.9 Å². The van der Waals surface area contributed by atoms with Gasteiger partial charge in [0.1, 0.15) is 18.2 Å². The number of likely N-dealkylation sites (tertiary alicyclic amines) is 1. The van der Waals surface area contributed by atoms with Crippen LogP contribution in [0, 0.1) is 0 Å². The van der Waals surface area contributed by atoms with Gasteiger partial charge in [-0.25, -0.2) is 9.97 Å². The number of ether oxygens (including phenoxy) is 3. The van der Waals surface area contributed by atoms with Crippen molar-refractivity contribution in [2.75, 3.05) is 90.7 Å². The molecule has 11 nitrogen and oxygen atoms in total. The summed E-state index contributed by atoms with van der Waals surface area (Å²) in [4.78, 5) is 21.0. The molecule has 0 saturated carbocycles. The zero-order valence-corrected chi connectivity index (χ0v) is 28.1. The summed E-state index contributed by atoms with van der Waals surface area (Å²) >= 11 is 1.65. The van der Waals surface area contributed by atoms with E-state index in [2.05, 4.69) is 76.7 Å². The first-order valence-electron chi connectivity index (χ1n) is 15.5. The van der Waals surface area contributed by atoms with Gasteiger partial charge in [0.2, 0.25) is 5.95 Å². The highest BCUT2D eigenvalue weighted by atomic mass is 32.1. The molecule has 0 aliphatic carbocycles. The number of fused-ring (bicyclic) bond motifs is 1. The van der Waals surface area contributed by atoms with Crippen molar-refractivity contribution < 1.29 is 14.2 Å². The fraction of sp³-hybridized carbons (Fsp3) is 0.485. The zero-order valence-electron chi connectivity index (χ0n) is 27.3. The maximum atomic E-state index is 6.27. The Hall–Kier alpha value is -3.87. The van der Waals surface area contributed by atoms with Crippen molar-refractivity contribution in [3.8, 4) is 17.2 Å². The van der Waals surface area contributed by atoms with E-state index in [1.807, 2.05) is 23.7 Å². The molecule has 0 unspecified atom stereocenters. The normalized spacial score (nSPS) is 14.1. The van der Waals surface area contributed by atoms with E-state index in [1.165, 1.54) is 11.3 Å². The van der Waals surface area contributed by atoms with Crippen molar-refractivity contribution in [3.05, 3.63) is 52.5 Å². The fourth-order valence-corrected chi connectivity index (χ4v) is 6.18. The van der Waals surface area contributed by atoms with Gasteiger partial charge in [0.05, 0.1) is 24.7 Å². The molecule has 2 aromatic heterocycles. The molecule has 45 heavy (non-hydrogen) atoms. The van der Waals surface area contributed by atoms with E-state index < -0.39 is 0 Å². The Balaban J connectivity index is 1.29. The monoisotopic (exact) mass is 634 g/mol. The van der Waals surface area contributed by atoms with Gasteiger partial charge in [-0.3, -0.25) is 4.90 Å². The third-order valence-electron chi connectivity index (χ3n) is 8.00. The van der Waals surface area contributed by atoms with Crippen LogP contribution in [0.1, 0.15) is 23.4 Å². The quantitative estimate of drug-likeness (QED) is 0.188. The molecular weight excluding hydrogens is 588 g/mol. The van der Waals surface area contributed by atoms with Gasteiger partial charge in [-0.05, 0) is 45.1 Å². The maximum Gasteiger partial charge on any atom is 0.225 e. The fourth-order valence-electron chi connectivity index (χ4n) is 5.56. The molecule has 0 atom stereocenters. The molecule has 5 rings (SSSR count).